The molecule has 2 aromatic carbocycles. The first kappa shape index (κ1) is 14.9. The van der Waals surface area contributed by atoms with Crippen LogP contribution in [0.25, 0.3) is 0 Å². The summed E-state index contributed by atoms with van der Waals surface area (Å²) in [5.74, 6) is 0. The van der Waals surface area contributed by atoms with Crippen molar-refractivity contribution in [2.45, 2.75) is 26.7 Å². The maximum absolute atomic E-state index is 6.07. The van der Waals surface area contributed by atoms with Crippen molar-refractivity contribution < 1.29 is 0 Å². The Kier molecular flexibility index (Phi) is 5.49. The van der Waals surface area contributed by atoms with Gasteiger partial charge in [0.25, 0.3) is 0 Å². The molecular formula is C18H22ClN. The van der Waals surface area contributed by atoms with Crippen molar-refractivity contribution in [2.24, 2.45) is 0 Å². The van der Waals surface area contributed by atoms with Gasteiger partial charge in [-0.1, -0.05) is 53.6 Å². The van der Waals surface area contributed by atoms with Crippen LogP contribution in [0, 0.1) is 13.8 Å². The summed E-state index contributed by atoms with van der Waals surface area (Å²) in [6.45, 7) is 6.48. The Morgan fingerprint density at radius 2 is 1.55 bits per heavy atom. The Morgan fingerprint density at radius 3 is 2.05 bits per heavy atom. The van der Waals surface area contributed by atoms with Gasteiger partial charge in [-0.3, -0.25) is 0 Å². The molecule has 1 heterocycles. The van der Waals surface area contributed by atoms with E-state index < -0.39 is 0 Å². The van der Waals surface area contributed by atoms with Gasteiger partial charge in [-0.25, -0.2) is 0 Å². The standard InChI is InChI=1S/C11H14ClN.C7H8/c1-9-4-5-10(8-11(9)12)13-6-2-3-7-13;1-7-5-3-2-4-6-7/h4-5,8H,2-3,6-7H2,1H3;2-6H,1H3. The number of rotatable bonds is 1. The highest BCUT2D eigenvalue weighted by atomic mass is 35.5. The van der Waals surface area contributed by atoms with E-state index in [0.29, 0.717) is 0 Å². The van der Waals surface area contributed by atoms with Gasteiger partial charge in [-0.05, 0) is 44.4 Å². The topological polar surface area (TPSA) is 3.24 Å². The first-order chi connectivity index (χ1) is 9.66. The summed E-state index contributed by atoms with van der Waals surface area (Å²) in [5.41, 5.74) is 3.75. The second-order valence-corrected chi connectivity index (χ2v) is 5.69. The van der Waals surface area contributed by atoms with E-state index in [1.54, 1.807) is 0 Å². The monoisotopic (exact) mass is 287 g/mol. The molecule has 0 aliphatic carbocycles. The molecule has 1 aliphatic heterocycles. The van der Waals surface area contributed by atoms with E-state index in [0.717, 1.165) is 10.6 Å². The van der Waals surface area contributed by atoms with Crippen molar-refractivity contribution in [1.82, 2.24) is 0 Å². The molecule has 2 heteroatoms. The summed E-state index contributed by atoms with van der Waals surface area (Å²) in [5, 5.41) is 0.879. The first-order valence-electron chi connectivity index (χ1n) is 7.19. The molecule has 0 aromatic heterocycles. The molecule has 106 valence electrons. The maximum Gasteiger partial charge on any atom is 0.0455 e. The van der Waals surface area contributed by atoms with Crippen LogP contribution in [0.1, 0.15) is 24.0 Å². The zero-order valence-electron chi connectivity index (χ0n) is 12.3. The van der Waals surface area contributed by atoms with Crippen LogP contribution in [-0.2, 0) is 0 Å². The molecule has 0 spiro atoms. The van der Waals surface area contributed by atoms with Crippen LogP contribution < -0.4 is 4.90 Å². The van der Waals surface area contributed by atoms with Crippen LogP contribution in [0.4, 0.5) is 5.69 Å². The van der Waals surface area contributed by atoms with Crippen molar-refractivity contribution in [2.75, 3.05) is 18.0 Å². The number of aryl methyl sites for hydroxylation is 2. The largest absolute Gasteiger partial charge is 0.371 e. The number of anilines is 1. The smallest absolute Gasteiger partial charge is 0.0455 e. The van der Waals surface area contributed by atoms with Gasteiger partial charge in [0, 0.05) is 23.8 Å². The van der Waals surface area contributed by atoms with Crippen molar-refractivity contribution in [3.8, 4) is 0 Å². The lowest BCUT2D eigenvalue weighted by atomic mass is 10.2. The fraction of sp³-hybridized carbons (Fsp3) is 0.333. The summed E-state index contributed by atoms with van der Waals surface area (Å²) in [4.78, 5) is 2.39. The van der Waals surface area contributed by atoms with Crippen molar-refractivity contribution >= 4 is 17.3 Å². The summed E-state index contributed by atoms with van der Waals surface area (Å²) >= 11 is 6.07. The summed E-state index contributed by atoms with van der Waals surface area (Å²) in [6, 6.07) is 16.6. The lowest BCUT2D eigenvalue weighted by Gasteiger charge is -2.18. The van der Waals surface area contributed by atoms with Gasteiger partial charge in [-0.15, -0.1) is 0 Å². The van der Waals surface area contributed by atoms with Crippen LogP contribution >= 0.6 is 11.6 Å². The molecule has 1 saturated heterocycles. The highest BCUT2D eigenvalue weighted by Gasteiger charge is 2.12. The Morgan fingerprint density at radius 1 is 0.900 bits per heavy atom. The average Bonchev–Trinajstić information content (AvgIpc) is 2.98. The molecule has 1 nitrogen and oxygen atoms in total. The molecule has 1 aliphatic rings. The van der Waals surface area contributed by atoms with Crippen molar-refractivity contribution in [3.63, 3.8) is 0 Å². The maximum atomic E-state index is 6.07. The SMILES string of the molecule is Cc1ccc(N2CCCC2)cc1Cl.Cc1ccccc1. The predicted molar refractivity (Wildman–Crippen MR) is 88.8 cm³/mol. The predicted octanol–water partition coefficient (Wildman–Crippen LogP) is 5.24. The molecular weight excluding hydrogens is 266 g/mol. The van der Waals surface area contributed by atoms with Crippen LogP contribution in [-0.4, -0.2) is 13.1 Å². The first-order valence-corrected chi connectivity index (χ1v) is 7.57. The highest BCUT2D eigenvalue weighted by Crippen LogP contribution is 2.25. The van der Waals surface area contributed by atoms with E-state index in [4.69, 9.17) is 11.6 Å². The lowest BCUT2D eigenvalue weighted by molar-refractivity contribution is 0.949. The minimum absolute atomic E-state index is 0.879. The Bertz CT molecular complexity index is 530. The van der Waals surface area contributed by atoms with Gasteiger partial charge in [0.2, 0.25) is 0 Å². The second-order valence-electron chi connectivity index (χ2n) is 5.28. The molecule has 0 saturated carbocycles. The lowest BCUT2D eigenvalue weighted by Crippen LogP contribution is -2.17. The molecule has 0 radical (unpaired) electrons. The van der Waals surface area contributed by atoms with Crippen LogP contribution in [0.5, 0.6) is 0 Å². The molecule has 1 fully saturated rings. The van der Waals surface area contributed by atoms with E-state index in [1.165, 1.54) is 37.2 Å². The van der Waals surface area contributed by atoms with E-state index in [-0.39, 0.29) is 0 Å². The normalized spacial score (nSPS) is 13.8. The zero-order chi connectivity index (χ0) is 14.4. The van der Waals surface area contributed by atoms with Gasteiger partial charge in [0.05, 0.1) is 0 Å². The van der Waals surface area contributed by atoms with E-state index in [2.05, 4.69) is 42.2 Å². The number of hydrogen-bond acceptors (Lipinski definition) is 1. The number of nitrogens with zero attached hydrogens (tertiary/aromatic N) is 1. The van der Waals surface area contributed by atoms with Crippen LogP contribution in [0.3, 0.4) is 0 Å². The van der Waals surface area contributed by atoms with Crippen molar-refractivity contribution in [1.29, 1.82) is 0 Å². The third-order valence-corrected chi connectivity index (χ3v) is 3.97. The second kappa shape index (κ2) is 7.35. The Hall–Kier alpha value is -1.47. The van der Waals surface area contributed by atoms with Crippen molar-refractivity contribution in [3.05, 3.63) is 64.7 Å². The molecule has 0 atom stereocenters. The molecule has 0 amide bonds. The van der Waals surface area contributed by atoms with Gasteiger partial charge >= 0.3 is 0 Å². The van der Waals surface area contributed by atoms with Crippen LogP contribution in [0.2, 0.25) is 5.02 Å². The minimum Gasteiger partial charge on any atom is -0.371 e. The molecule has 0 unspecified atom stereocenters. The average molecular weight is 288 g/mol. The van der Waals surface area contributed by atoms with E-state index >= 15 is 0 Å². The van der Waals surface area contributed by atoms with E-state index in [1.807, 2.05) is 25.1 Å². The highest BCUT2D eigenvalue weighted by molar-refractivity contribution is 6.31. The zero-order valence-corrected chi connectivity index (χ0v) is 13.0. The van der Waals surface area contributed by atoms with Gasteiger partial charge in [-0.2, -0.15) is 0 Å². The Balaban J connectivity index is 0.000000178. The summed E-state index contributed by atoms with van der Waals surface area (Å²) in [6.07, 6.45) is 2.62. The number of halogens is 1. The molecule has 3 rings (SSSR count). The third-order valence-electron chi connectivity index (χ3n) is 3.57. The fourth-order valence-electron chi connectivity index (χ4n) is 2.29. The fourth-order valence-corrected chi connectivity index (χ4v) is 2.46. The molecule has 2 aromatic rings. The van der Waals surface area contributed by atoms with E-state index in [9.17, 15) is 0 Å². The minimum atomic E-state index is 0.879. The molecule has 0 bridgehead atoms. The van der Waals surface area contributed by atoms with Gasteiger partial charge in [0.15, 0.2) is 0 Å². The summed E-state index contributed by atoms with van der Waals surface area (Å²) in [7, 11) is 0. The molecule has 20 heavy (non-hydrogen) atoms. The summed E-state index contributed by atoms with van der Waals surface area (Å²) < 4.78 is 0. The number of hydrogen-bond donors (Lipinski definition) is 0. The van der Waals surface area contributed by atoms with Crippen LogP contribution in [0.15, 0.2) is 48.5 Å². The Labute approximate surface area is 127 Å². The molecule has 0 N–H and O–H groups in total. The van der Waals surface area contributed by atoms with Gasteiger partial charge in [0.1, 0.15) is 0 Å². The third kappa shape index (κ3) is 4.28. The van der Waals surface area contributed by atoms with Gasteiger partial charge < -0.3 is 4.90 Å². The number of benzene rings is 2. The quantitative estimate of drug-likeness (QED) is 0.693.